The Balaban J connectivity index is 1.70. The fourth-order valence-corrected chi connectivity index (χ4v) is 3.55. The molecule has 3 atom stereocenters. The van der Waals surface area contributed by atoms with Gasteiger partial charge in [-0.15, -0.1) is 5.06 Å². The monoisotopic (exact) mass is 259 g/mol. The summed E-state index contributed by atoms with van der Waals surface area (Å²) in [7, 11) is 0. The van der Waals surface area contributed by atoms with Crippen molar-refractivity contribution in [2.75, 3.05) is 0 Å². The molecular formula is C16H21NO2. The third-order valence-corrected chi connectivity index (χ3v) is 4.47. The lowest BCUT2D eigenvalue weighted by molar-refractivity contribution is -0.148. The number of hydrogen-bond acceptors (Lipinski definition) is 3. The first kappa shape index (κ1) is 12.7. The molecule has 0 radical (unpaired) electrons. The maximum atomic E-state index is 12.2. The molecule has 1 aliphatic carbocycles. The molecule has 0 aromatic heterocycles. The molecule has 2 fully saturated rings. The molecule has 1 aliphatic heterocycles. The second-order valence-corrected chi connectivity index (χ2v) is 5.80. The number of rotatable bonds is 2. The van der Waals surface area contributed by atoms with Crippen LogP contribution in [0.4, 0.5) is 0 Å². The van der Waals surface area contributed by atoms with Crippen molar-refractivity contribution in [1.29, 1.82) is 0 Å². The van der Waals surface area contributed by atoms with Gasteiger partial charge in [0.05, 0.1) is 5.56 Å². The van der Waals surface area contributed by atoms with E-state index in [0.717, 1.165) is 12.8 Å². The van der Waals surface area contributed by atoms with Crippen molar-refractivity contribution >= 4 is 5.97 Å². The summed E-state index contributed by atoms with van der Waals surface area (Å²) in [4.78, 5) is 17.8. The number of carbonyl (C=O) groups excluding carboxylic acids is 1. The molecule has 0 N–H and O–H groups in total. The average molecular weight is 259 g/mol. The van der Waals surface area contributed by atoms with E-state index >= 15 is 0 Å². The van der Waals surface area contributed by atoms with Crippen LogP contribution in [0.2, 0.25) is 0 Å². The maximum Gasteiger partial charge on any atom is 0.357 e. The highest BCUT2D eigenvalue weighted by molar-refractivity contribution is 5.89. The van der Waals surface area contributed by atoms with Crippen molar-refractivity contribution in [3.8, 4) is 0 Å². The van der Waals surface area contributed by atoms with Crippen molar-refractivity contribution in [3.05, 3.63) is 35.9 Å². The van der Waals surface area contributed by atoms with E-state index < -0.39 is 0 Å². The number of hydrogen-bond donors (Lipinski definition) is 0. The van der Waals surface area contributed by atoms with Gasteiger partial charge in [0.15, 0.2) is 0 Å². The normalized spacial score (nSPS) is 30.9. The van der Waals surface area contributed by atoms with E-state index in [1.54, 1.807) is 12.1 Å². The molecule has 0 spiro atoms. The van der Waals surface area contributed by atoms with E-state index in [9.17, 15) is 4.79 Å². The lowest BCUT2D eigenvalue weighted by Gasteiger charge is -2.31. The first-order valence-electron chi connectivity index (χ1n) is 7.31. The average Bonchev–Trinajstić information content (AvgIpc) is 2.76. The van der Waals surface area contributed by atoms with Gasteiger partial charge in [0.25, 0.3) is 0 Å². The van der Waals surface area contributed by atoms with Crippen LogP contribution in [0.1, 0.15) is 49.4 Å². The summed E-state index contributed by atoms with van der Waals surface area (Å²) in [5.74, 6) is 0.492. The van der Waals surface area contributed by atoms with Crippen LogP contribution in [-0.2, 0) is 4.84 Å². The first-order valence-corrected chi connectivity index (χ1v) is 7.31. The molecule has 1 aromatic rings. The molecule has 19 heavy (non-hydrogen) atoms. The molecule has 2 unspecified atom stereocenters. The van der Waals surface area contributed by atoms with Crippen LogP contribution in [0, 0.1) is 5.92 Å². The summed E-state index contributed by atoms with van der Waals surface area (Å²) in [6, 6.07) is 10.0. The molecule has 3 rings (SSSR count). The van der Waals surface area contributed by atoms with Gasteiger partial charge < -0.3 is 4.84 Å². The largest absolute Gasteiger partial charge is 0.363 e. The summed E-state index contributed by atoms with van der Waals surface area (Å²) in [5, 5.41) is 1.97. The molecule has 2 aliphatic rings. The van der Waals surface area contributed by atoms with Gasteiger partial charge in [0, 0.05) is 12.1 Å². The molecule has 1 saturated carbocycles. The number of nitrogens with zero attached hydrogens (tertiary/aromatic N) is 1. The molecule has 1 heterocycles. The topological polar surface area (TPSA) is 29.5 Å². The van der Waals surface area contributed by atoms with E-state index in [0.29, 0.717) is 23.6 Å². The Kier molecular flexibility index (Phi) is 3.56. The first-order chi connectivity index (χ1) is 9.25. The fraction of sp³-hybridized carbons (Fsp3) is 0.562. The summed E-state index contributed by atoms with van der Waals surface area (Å²) in [6.45, 7) is 2.16. The Morgan fingerprint density at radius 2 is 1.95 bits per heavy atom. The zero-order valence-corrected chi connectivity index (χ0v) is 11.4. The van der Waals surface area contributed by atoms with Crippen LogP contribution < -0.4 is 0 Å². The van der Waals surface area contributed by atoms with Crippen LogP contribution >= 0.6 is 0 Å². The zero-order chi connectivity index (χ0) is 13.2. The van der Waals surface area contributed by atoms with E-state index in [1.807, 2.05) is 23.3 Å². The molecule has 3 nitrogen and oxygen atoms in total. The highest BCUT2D eigenvalue weighted by Crippen LogP contribution is 2.39. The van der Waals surface area contributed by atoms with Crippen LogP contribution in [0.15, 0.2) is 30.3 Å². The second-order valence-electron chi connectivity index (χ2n) is 5.80. The molecule has 1 aromatic carbocycles. The van der Waals surface area contributed by atoms with E-state index in [2.05, 4.69) is 6.92 Å². The number of fused-ring (bicyclic) bond motifs is 1. The number of benzene rings is 1. The quantitative estimate of drug-likeness (QED) is 0.815. The molecule has 3 heteroatoms. The molecule has 102 valence electrons. The minimum atomic E-state index is -0.223. The van der Waals surface area contributed by atoms with Crippen LogP contribution in [0.5, 0.6) is 0 Å². The summed E-state index contributed by atoms with van der Waals surface area (Å²) in [5.41, 5.74) is 0.633. The predicted octanol–water partition coefficient (Wildman–Crippen LogP) is 3.41. The van der Waals surface area contributed by atoms with Crippen molar-refractivity contribution in [1.82, 2.24) is 5.06 Å². The van der Waals surface area contributed by atoms with E-state index in [1.165, 1.54) is 19.3 Å². The predicted molar refractivity (Wildman–Crippen MR) is 73.5 cm³/mol. The third-order valence-electron chi connectivity index (χ3n) is 4.47. The van der Waals surface area contributed by atoms with Gasteiger partial charge in [0.2, 0.25) is 0 Å². The van der Waals surface area contributed by atoms with Crippen LogP contribution in [0.3, 0.4) is 0 Å². The Hall–Kier alpha value is -1.35. The van der Waals surface area contributed by atoms with Crippen molar-refractivity contribution in [2.24, 2.45) is 5.92 Å². The van der Waals surface area contributed by atoms with Gasteiger partial charge in [-0.2, -0.15) is 0 Å². The lowest BCUT2D eigenvalue weighted by atomic mass is 9.85. The minimum absolute atomic E-state index is 0.223. The summed E-state index contributed by atoms with van der Waals surface area (Å²) >= 11 is 0. The molecule has 0 bridgehead atoms. The van der Waals surface area contributed by atoms with Gasteiger partial charge in [0.1, 0.15) is 0 Å². The third kappa shape index (κ3) is 2.52. The molecule has 1 saturated heterocycles. The summed E-state index contributed by atoms with van der Waals surface area (Å²) in [6.07, 6.45) is 6.19. The minimum Gasteiger partial charge on any atom is -0.363 e. The van der Waals surface area contributed by atoms with E-state index in [-0.39, 0.29) is 5.97 Å². The lowest BCUT2D eigenvalue weighted by Crippen LogP contribution is -2.39. The van der Waals surface area contributed by atoms with Gasteiger partial charge in [-0.1, -0.05) is 31.0 Å². The van der Waals surface area contributed by atoms with Crippen molar-refractivity contribution < 1.29 is 9.63 Å². The van der Waals surface area contributed by atoms with Crippen LogP contribution in [0.25, 0.3) is 0 Å². The summed E-state index contributed by atoms with van der Waals surface area (Å²) < 4.78 is 0. The fourth-order valence-electron chi connectivity index (χ4n) is 3.55. The second kappa shape index (κ2) is 5.33. The standard InChI is InChI=1S/C16H21NO2/c1-12-11-14-9-5-6-10-15(14)17(12)19-16(18)13-7-3-2-4-8-13/h2-4,7-8,12,14-15H,5-6,9-11H2,1H3/t12-,14?,15?/m1/s1. The van der Waals surface area contributed by atoms with Crippen molar-refractivity contribution in [2.45, 2.75) is 51.1 Å². The maximum absolute atomic E-state index is 12.2. The van der Waals surface area contributed by atoms with Gasteiger partial charge in [-0.25, -0.2) is 4.79 Å². The van der Waals surface area contributed by atoms with Crippen molar-refractivity contribution in [3.63, 3.8) is 0 Å². The smallest absolute Gasteiger partial charge is 0.357 e. The van der Waals surface area contributed by atoms with Crippen LogP contribution in [-0.4, -0.2) is 23.1 Å². The Labute approximate surface area is 114 Å². The number of carbonyl (C=O) groups is 1. The number of hydroxylamine groups is 2. The van der Waals surface area contributed by atoms with E-state index in [4.69, 9.17) is 4.84 Å². The Morgan fingerprint density at radius 3 is 2.74 bits per heavy atom. The van der Waals surface area contributed by atoms with Gasteiger partial charge >= 0.3 is 5.97 Å². The SMILES string of the molecule is C[C@@H]1CC2CCCCC2N1OC(=O)c1ccccc1. The van der Waals surface area contributed by atoms with Gasteiger partial charge in [-0.3, -0.25) is 0 Å². The Bertz CT molecular complexity index is 445. The molecule has 0 amide bonds. The van der Waals surface area contributed by atoms with Gasteiger partial charge in [-0.05, 0) is 44.2 Å². The highest BCUT2D eigenvalue weighted by Gasteiger charge is 2.42. The Morgan fingerprint density at radius 1 is 1.21 bits per heavy atom. The highest BCUT2D eigenvalue weighted by atomic mass is 16.7. The molecular weight excluding hydrogens is 238 g/mol. The zero-order valence-electron chi connectivity index (χ0n) is 11.4.